The molecule has 1 aromatic rings. The molecule has 1 aliphatic rings. The van der Waals surface area contributed by atoms with Crippen molar-refractivity contribution in [1.82, 2.24) is 5.32 Å². The molecule has 1 fully saturated rings. The summed E-state index contributed by atoms with van der Waals surface area (Å²) in [6, 6.07) is 3.38. The zero-order valence-electron chi connectivity index (χ0n) is 9.15. The average molecular weight is 240 g/mol. The van der Waals surface area contributed by atoms with E-state index in [-0.39, 0.29) is 24.4 Å². The third-order valence-electron chi connectivity index (χ3n) is 3.05. The van der Waals surface area contributed by atoms with Gasteiger partial charge in [0.1, 0.15) is 5.82 Å². The van der Waals surface area contributed by atoms with Crippen LogP contribution in [-0.4, -0.2) is 22.2 Å². The molecule has 1 aliphatic carbocycles. The average Bonchev–Trinajstić information content (AvgIpc) is 3.07. The van der Waals surface area contributed by atoms with Gasteiger partial charge in [0.15, 0.2) is 0 Å². The van der Waals surface area contributed by atoms with Gasteiger partial charge in [0.2, 0.25) is 0 Å². The topological polar surface area (TPSA) is 75.4 Å². The van der Waals surface area contributed by atoms with Crippen LogP contribution in [0.15, 0.2) is 18.2 Å². The highest BCUT2D eigenvalue weighted by molar-refractivity contribution is 5.40. The highest BCUT2D eigenvalue weighted by Gasteiger charge is 2.41. The molecule has 2 rings (SSSR count). The van der Waals surface area contributed by atoms with Gasteiger partial charge in [-0.15, -0.1) is 0 Å². The Morgan fingerprint density at radius 2 is 2.24 bits per heavy atom. The first kappa shape index (κ1) is 11.9. The van der Waals surface area contributed by atoms with Crippen molar-refractivity contribution < 1.29 is 14.4 Å². The van der Waals surface area contributed by atoms with E-state index in [9.17, 15) is 14.5 Å². The lowest BCUT2D eigenvalue weighted by molar-refractivity contribution is -0.385. The fraction of sp³-hybridized carbons (Fsp3) is 0.455. The van der Waals surface area contributed by atoms with Crippen molar-refractivity contribution in [3.05, 3.63) is 39.7 Å². The van der Waals surface area contributed by atoms with Gasteiger partial charge < -0.3 is 10.4 Å². The van der Waals surface area contributed by atoms with Crippen LogP contribution in [0, 0.1) is 15.9 Å². The van der Waals surface area contributed by atoms with Crippen LogP contribution in [0.2, 0.25) is 0 Å². The maximum Gasteiger partial charge on any atom is 0.274 e. The molecule has 1 saturated carbocycles. The molecule has 1 aromatic carbocycles. The first-order chi connectivity index (χ1) is 8.06. The normalized spacial score (nSPS) is 16.8. The zero-order valence-corrected chi connectivity index (χ0v) is 9.15. The molecule has 92 valence electrons. The fourth-order valence-electron chi connectivity index (χ4n) is 1.70. The van der Waals surface area contributed by atoms with E-state index in [4.69, 9.17) is 5.11 Å². The Balaban J connectivity index is 2.13. The second-order valence-electron chi connectivity index (χ2n) is 4.32. The first-order valence-electron chi connectivity index (χ1n) is 5.35. The summed E-state index contributed by atoms with van der Waals surface area (Å²) in [6.07, 6.45) is 1.68. The van der Waals surface area contributed by atoms with Crippen LogP contribution in [0.5, 0.6) is 0 Å². The summed E-state index contributed by atoms with van der Waals surface area (Å²) in [5.41, 5.74) is -0.123. The number of aliphatic hydroxyl groups excluding tert-OH is 1. The molecule has 0 unspecified atom stereocenters. The maximum absolute atomic E-state index is 13.0. The van der Waals surface area contributed by atoms with Crippen molar-refractivity contribution in [2.75, 3.05) is 6.61 Å². The molecule has 5 nitrogen and oxygen atoms in total. The summed E-state index contributed by atoms with van der Waals surface area (Å²) in [7, 11) is 0. The van der Waals surface area contributed by atoms with Crippen molar-refractivity contribution in [3.8, 4) is 0 Å². The summed E-state index contributed by atoms with van der Waals surface area (Å²) in [4.78, 5) is 10.2. The lowest BCUT2D eigenvalue weighted by Gasteiger charge is -2.14. The minimum Gasteiger partial charge on any atom is -0.394 e. The van der Waals surface area contributed by atoms with Gasteiger partial charge in [-0.05, 0) is 25.0 Å². The van der Waals surface area contributed by atoms with Crippen LogP contribution in [0.3, 0.4) is 0 Å². The van der Waals surface area contributed by atoms with Gasteiger partial charge in [-0.1, -0.05) is 0 Å². The molecule has 0 amide bonds. The maximum atomic E-state index is 13.0. The lowest BCUT2D eigenvalue weighted by Crippen LogP contribution is -2.34. The Morgan fingerprint density at radius 1 is 1.53 bits per heavy atom. The number of rotatable bonds is 5. The second kappa shape index (κ2) is 4.38. The van der Waals surface area contributed by atoms with Gasteiger partial charge in [0, 0.05) is 23.7 Å². The zero-order chi connectivity index (χ0) is 12.5. The van der Waals surface area contributed by atoms with Gasteiger partial charge in [-0.25, -0.2) is 4.39 Å². The van der Waals surface area contributed by atoms with E-state index < -0.39 is 10.7 Å². The molecule has 0 aromatic heterocycles. The van der Waals surface area contributed by atoms with E-state index in [0.29, 0.717) is 5.56 Å². The Morgan fingerprint density at radius 3 is 2.76 bits per heavy atom. The monoisotopic (exact) mass is 240 g/mol. The molecular weight excluding hydrogens is 227 g/mol. The Kier molecular flexibility index (Phi) is 3.08. The summed E-state index contributed by atoms with van der Waals surface area (Å²) in [5, 5.41) is 22.9. The van der Waals surface area contributed by atoms with Crippen LogP contribution >= 0.6 is 0 Å². The summed E-state index contributed by atoms with van der Waals surface area (Å²) < 4.78 is 13.0. The number of halogens is 1. The molecule has 0 atom stereocenters. The third kappa shape index (κ3) is 2.59. The summed E-state index contributed by atoms with van der Waals surface area (Å²) in [6.45, 7) is 0.185. The number of nitrogens with zero attached hydrogens (tertiary/aromatic N) is 1. The first-order valence-corrected chi connectivity index (χ1v) is 5.35. The van der Waals surface area contributed by atoms with Crippen LogP contribution in [-0.2, 0) is 6.54 Å². The molecular formula is C11H13FN2O3. The van der Waals surface area contributed by atoms with E-state index in [2.05, 4.69) is 5.32 Å². The number of aliphatic hydroxyl groups is 1. The molecule has 0 bridgehead atoms. The molecule has 17 heavy (non-hydrogen) atoms. The highest BCUT2D eigenvalue weighted by atomic mass is 19.1. The van der Waals surface area contributed by atoms with E-state index >= 15 is 0 Å². The molecule has 2 N–H and O–H groups in total. The minimum absolute atomic E-state index is 0.00386. The predicted molar refractivity (Wildman–Crippen MR) is 58.9 cm³/mol. The summed E-state index contributed by atoms with van der Waals surface area (Å²) in [5.74, 6) is -0.499. The number of hydrogen-bond acceptors (Lipinski definition) is 4. The van der Waals surface area contributed by atoms with Gasteiger partial charge in [0.05, 0.1) is 11.5 Å². The van der Waals surface area contributed by atoms with E-state index in [1.165, 1.54) is 0 Å². The van der Waals surface area contributed by atoms with Gasteiger partial charge >= 0.3 is 0 Å². The van der Waals surface area contributed by atoms with Crippen molar-refractivity contribution in [3.63, 3.8) is 0 Å². The highest BCUT2D eigenvalue weighted by Crippen LogP contribution is 2.35. The van der Waals surface area contributed by atoms with Crippen molar-refractivity contribution in [2.24, 2.45) is 0 Å². The number of nitro benzene ring substituents is 1. The van der Waals surface area contributed by atoms with Gasteiger partial charge in [0.25, 0.3) is 5.69 Å². The molecule has 0 spiro atoms. The largest absolute Gasteiger partial charge is 0.394 e. The molecule has 0 aliphatic heterocycles. The minimum atomic E-state index is -0.533. The van der Waals surface area contributed by atoms with Crippen LogP contribution in [0.4, 0.5) is 10.1 Å². The van der Waals surface area contributed by atoms with Crippen LogP contribution in [0.25, 0.3) is 0 Å². The van der Waals surface area contributed by atoms with Crippen molar-refractivity contribution >= 4 is 5.69 Å². The molecule has 0 saturated heterocycles. The Labute approximate surface area is 97.4 Å². The van der Waals surface area contributed by atoms with Crippen LogP contribution < -0.4 is 5.32 Å². The number of nitro groups is 1. The molecule has 0 heterocycles. The van der Waals surface area contributed by atoms with Crippen molar-refractivity contribution in [1.29, 1.82) is 0 Å². The summed E-state index contributed by atoms with van der Waals surface area (Å²) >= 11 is 0. The number of benzene rings is 1. The number of hydrogen-bond donors (Lipinski definition) is 2. The second-order valence-corrected chi connectivity index (χ2v) is 4.32. The number of nitrogens with one attached hydrogen (secondary N) is 1. The molecule has 0 radical (unpaired) electrons. The van der Waals surface area contributed by atoms with Crippen molar-refractivity contribution in [2.45, 2.75) is 24.9 Å². The third-order valence-corrected chi connectivity index (χ3v) is 3.05. The quantitative estimate of drug-likeness (QED) is 0.601. The standard InChI is InChI=1S/C11H13FN2O3/c12-9-1-2-10(14(16)17)8(5-9)6-13-11(7-15)3-4-11/h1-2,5,13,15H,3-4,6-7H2. The Bertz CT molecular complexity index is 446. The van der Waals surface area contributed by atoms with E-state index in [1.54, 1.807) is 0 Å². The van der Waals surface area contributed by atoms with E-state index in [0.717, 1.165) is 31.0 Å². The van der Waals surface area contributed by atoms with Crippen LogP contribution in [0.1, 0.15) is 18.4 Å². The molecule has 6 heteroatoms. The van der Waals surface area contributed by atoms with Gasteiger partial charge in [-0.3, -0.25) is 10.1 Å². The fourth-order valence-corrected chi connectivity index (χ4v) is 1.70. The van der Waals surface area contributed by atoms with Gasteiger partial charge in [-0.2, -0.15) is 0 Å². The lowest BCUT2D eigenvalue weighted by atomic mass is 10.1. The SMILES string of the molecule is O=[N+]([O-])c1ccc(F)cc1CNC1(CO)CC1. The predicted octanol–water partition coefficient (Wildman–Crippen LogP) is 1.35. The van der Waals surface area contributed by atoms with E-state index in [1.807, 2.05) is 0 Å². The smallest absolute Gasteiger partial charge is 0.274 e. The Hall–Kier alpha value is -1.53.